The Kier molecular flexibility index (Phi) is 5.97. The summed E-state index contributed by atoms with van der Waals surface area (Å²) in [5, 5.41) is 11.3. The van der Waals surface area contributed by atoms with Gasteiger partial charge in [0.05, 0.1) is 11.3 Å². The summed E-state index contributed by atoms with van der Waals surface area (Å²) < 4.78 is 16.6. The second-order valence-corrected chi connectivity index (χ2v) is 8.76. The summed E-state index contributed by atoms with van der Waals surface area (Å²) in [6.45, 7) is 0.469. The number of rotatable bonds is 6. The fraction of sp³-hybridized carbons (Fsp3) is 0.100. The van der Waals surface area contributed by atoms with Crippen LogP contribution in [0.15, 0.2) is 103 Å². The Labute approximate surface area is 218 Å². The largest absolute Gasteiger partial charge is 0.507 e. The van der Waals surface area contributed by atoms with Crippen LogP contribution in [-0.2, 0) is 16.2 Å². The summed E-state index contributed by atoms with van der Waals surface area (Å²) in [6.07, 6.45) is 1.58. The Morgan fingerprint density at radius 3 is 2.45 bits per heavy atom. The molecule has 1 atom stereocenters. The minimum atomic E-state index is -0.933. The van der Waals surface area contributed by atoms with Crippen LogP contribution in [0, 0.1) is 0 Å². The van der Waals surface area contributed by atoms with Gasteiger partial charge in [0.1, 0.15) is 24.2 Å². The van der Waals surface area contributed by atoms with Gasteiger partial charge in [-0.25, -0.2) is 0 Å². The molecule has 2 aliphatic rings. The zero-order chi connectivity index (χ0) is 26.1. The number of ketones is 1. The van der Waals surface area contributed by atoms with Crippen molar-refractivity contribution >= 4 is 23.1 Å². The maximum Gasteiger partial charge on any atom is 0.300 e. The van der Waals surface area contributed by atoms with Crippen LogP contribution < -0.4 is 19.1 Å². The van der Waals surface area contributed by atoms with E-state index in [0.717, 1.165) is 5.56 Å². The number of hydrogen-bond acceptors (Lipinski definition) is 7. The number of nitrogens with zero attached hydrogens (tertiary/aromatic N) is 2. The molecule has 4 aromatic rings. The maximum absolute atomic E-state index is 13.3. The van der Waals surface area contributed by atoms with Gasteiger partial charge in [-0.15, -0.1) is 0 Å². The van der Waals surface area contributed by atoms with Crippen LogP contribution in [0.2, 0.25) is 0 Å². The summed E-state index contributed by atoms with van der Waals surface area (Å²) in [4.78, 5) is 32.4. The molecule has 8 nitrogen and oxygen atoms in total. The second kappa shape index (κ2) is 9.74. The van der Waals surface area contributed by atoms with Crippen LogP contribution >= 0.6 is 0 Å². The van der Waals surface area contributed by atoms with Crippen molar-refractivity contribution in [3.05, 3.63) is 120 Å². The van der Waals surface area contributed by atoms with Crippen LogP contribution in [0.25, 0.3) is 5.76 Å². The highest BCUT2D eigenvalue weighted by Gasteiger charge is 2.47. The first kappa shape index (κ1) is 23.3. The third-order valence-electron chi connectivity index (χ3n) is 6.42. The predicted molar refractivity (Wildman–Crippen MR) is 139 cm³/mol. The van der Waals surface area contributed by atoms with Gasteiger partial charge in [0.2, 0.25) is 6.79 Å². The second-order valence-electron chi connectivity index (χ2n) is 8.76. The number of benzene rings is 3. The molecule has 1 unspecified atom stereocenters. The van der Waals surface area contributed by atoms with E-state index in [-0.39, 0.29) is 18.1 Å². The molecule has 3 heterocycles. The Bertz CT molecular complexity index is 1530. The fourth-order valence-corrected chi connectivity index (χ4v) is 4.56. The van der Waals surface area contributed by atoms with Crippen molar-refractivity contribution < 1.29 is 28.9 Å². The highest BCUT2D eigenvalue weighted by atomic mass is 16.7. The topological polar surface area (TPSA) is 98.2 Å². The fourth-order valence-electron chi connectivity index (χ4n) is 4.56. The number of ether oxygens (including phenoxy) is 3. The molecule has 0 saturated carbocycles. The van der Waals surface area contributed by atoms with Gasteiger partial charge in [-0.2, -0.15) is 0 Å². The maximum atomic E-state index is 13.3. The molecule has 1 amide bonds. The summed E-state index contributed by atoms with van der Waals surface area (Å²) in [7, 11) is 0. The van der Waals surface area contributed by atoms with Gasteiger partial charge in [-0.3, -0.25) is 19.5 Å². The SMILES string of the molecule is O=C1C(=O)N(c2ccc(OCc3ccccc3)cc2)C(c2ccccn2)/C1=C(/O)c1ccc2c(c1)OCO2. The van der Waals surface area contributed by atoms with Crippen LogP contribution in [0.1, 0.15) is 22.9 Å². The minimum Gasteiger partial charge on any atom is -0.507 e. The van der Waals surface area contributed by atoms with Crippen molar-refractivity contribution in [3.8, 4) is 17.2 Å². The number of amides is 1. The van der Waals surface area contributed by atoms with Crippen LogP contribution in [-0.4, -0.2) is 28.6 Å². The molecule has 1 N–H and O–H groups in total. The summed E-state index contributed by atoms with van der Waals surface area (Å²) in [5.41, 5.74) is 2.22. The molecule has 2 aliphatic heterocycles. The Morgan fingerprint density at radius 1 is 0.921 bits per heavy atom. The zero-order valence-corrected chi connectivity index (χ0v) is 20.1. The number of Topliss-reactive ketones (excluding diaryl/α,β-unsaturated/α-hetero) is 1. The molecule has 0 spiro atoms. The normalized spacial score (nSPS) is 17.6. The average Bonchev–Trinajstić information content (AvgIpc) is 3.54. The van der Waals surface area contributed by atoms with Gasteiger partial charge >= 0.3 is 0 Å². The Balaban J connectivity index is 1.37. The van der Waals surface area contributed by atoms with Crippen LogP contribution in [0.5, 0.6) is 17.2 Å². The highest BCUT2D eigenvalue weighted by molar-refractivity contribution is 6.51. The van der Waals surface area contributed by atoms with Gasteiger partial charge in [-0.1, -0.05) is 36.4 Å². The van der Waals surface area contributed by atoms with E-state index in [9.17, 15) is 14.7 Å². The van der Waals surface area contributed by atoms with Crippen molar-refractivity contribution in [2.75, 3.05) is 11.7 Å². The number of carbonyl (C=O) groups is 2. The van der Waals surface area contributed by atoms with Gasteiger partial charge in [0.25, 0.3) is 11.7 Å². The average molecular weight is 507 g/mol. The smallest absolute Gasteiger partial charge is 0.300 e. The standard InChI is InChI=1S/C30H22N2O6/c33-28(20-9-14-24-25(16-20)38-18-37-24)26-27(23-8-4-5-15-31-23)32(30(35)29(26)34)21-10-12-22(13-11-21)36-17-19-6-2-1-3-7-19/h1-16,27,33H,17-18H2/b28-26-. The number of aromatic nitrogens is 1. The number of fused-ring (bicyclic) bond motifs is 1. The monoisotopic (exact) mass is 506 g/mol. The summed E-state index contributed by atoms with van der Waals surface area (Å²) >= 11 is 0. The molecule has 1 saturated heterocycles. The lowest BCUT2D eigenvalue weighted by Gasteiger charge is -2.24. The molecule has 8 heteroatoms. The van der Waals surface area contributed by atoms with E-state index in [1.165, 1.54) is 4.90 Å². The number of aliphatic hydroxyl groups excluding tert-OH is 1. The third-order valence-corrected chi connectivity index (χ3v) is 6.42. The summed E-state index contributed by atoms with van der Waals surface area (Å²) in [6, 6.07) is 25.8. The van der Waals surface area contributed by atoms with E-state index in [1.807, 2.05) is 30.3 Å². The molecule has 3 aromatic carbocycles. The first-order valence-corrected chi connectivity index (χ1v) is 12.0. The van der Waals surface area contributed by atoms with E-state index in [1.54, 1.807) is 66.9 Å². The lowest BCUT2D eigenvalue weighted by atomic mass is 9.98. The quantitative estimate of drug-likeness (QED) is 0.223. The molecular weight excluding hydrogens is 484 g/mol. The molecule has 0 radical (unpaired) electrons. The van der Waals surface area contributed by atoms with Crippen molar-refractivity contribution in [3.63, 3.8) is 0 Å². The predicted octanol–water partition coefficient (Wildman–Crippen LogP) is 5.02. The Morgan fingerprint density at radius 2 is 1.68 bits per heavy atom. The third kappa shape index (κ3) is 4.22. The number of aliphatic hydroxyl groups is 1. The Hall–Kier alpha value is -5.11. The van der Waals surface area contributed by atoms with Crippen molar-refractivity contribution in [2.24, 2.45) is 0 Å². The van der Waals surface area contributed by atoms with Gasteiger partial charge < -0.3 is 19.3 Å². The molecular formula is C30H22N2O6. The molecule has 0 aliphatic carbocycles. The van der Waals surface area contributed by atoms with E-state index >= 15 is 0 Å². The highest BCUT2D eigenvalue weighted by Crippen LogP contribution is 2.43. The van der Waals surface area contributed by atoms with Crippen molar-refractivity contribution in [1.82, 2.24) is 4.98 Å². The minimum absolute atomic E-state index is 0.0584. The van der Waals surface area contributed by atoms with Crippen molar-refractivity contribution in [1.29, 1.82) is 0 Å². The van der Waals surface area contributed by atoms with Gasteiger partial charge in [0.15, 0.2) is 11.5 Å². The molecule has 1 aromatic heterocycles. The van der Waals surface area contributed by atoms with Crippen LogP contribution in [0.3, 0.4) is 0 Å². The molecule has 0 bridgehead atoms. The lowest BCUT2D eigenvalue weighted by Crippen LogP contribution is -2.29. The zero-order valence-electron chi connectivity index (χ0n) is 20.1. The number of pyridine rings is 1. The number of hydrogen-bond donors (Lipinski definition) is 1. The van der Waals surface area contributed by atoms with Crippen LogP contribution in [0.4, 0.5) is 5.69 Å². The molecule has 38 heavy (non-hydrogen) atoms. The van der Waals surface area contributed by atoms with E-state index < -0.39 is 17.7 Å². The molecule has 6 rings (SSSR count). The van der Waals surface area contributed by atoms with E-state index in [2.05, 4.69) is 4.98 Å². The first-order valence-electron chi connectivity index (χ1n) is 12.0. The lowest BCUT2D eigenvalue weighted by molar-refractivity contribution is -0.132. The first-order chi connectivity index (χ1) is 18.6. The van der Waals surface area contributed by atoms with E-state index in [0.29, 0.717) is 40.8 Å². The van der Waals surface area contributed by atoms with E-state index in [4.69, 9.17) is 14.2 Å². The summed E-state index contributed by atoms with van der Waals surface area (Å²) in [5.74, 6) is -0.283. The molecule has 1 fully saturated rings. The van der Waals surface area contributed by atoms with Gasteiger partial charge in [0, 0.05) is 17.4 Å². The van der Waals surface area contributed by atoms with Crippen molar-refractivity contribution in [2.45, 2.75) is 12.6 Å². The molecule has 188 valence electrons. The number of anilines is 1. The number of carbonyl (C=O) groups excluding carboxylic acids is 2. The van der Waals surface area contributed by atoms with Gasteiger partial charge in [-0.05, 0) is 60.2 Å².